The fourth-order valence-corrected chi connectivity index (χ4v) is 4.98. The van der Waals surface area contributed by atoms with Crippen molar-refractivity contribution < 1.29 is 9.53 Å². The normalized spacial score (nSPS) is 16.8. The monoisotopic (exact) mass is 396 g/mol. The van der Waals surface area contributed by atoms with Gasteiger partial charge in [-0.25, -0.2) is 9.79 Å². The molecule has 27 heavy (non-hydrogen) atoms. The Balaban J connectivity index is 1.98. The Morgan fingerprint density at radius 2 is 2.00 bits per heavy atom. The van der Waals surface area contributed by atoms with Gasteiger partial charge in [-0.1, -0.05) is 47.7 Å². The molecule has 0 fully saturated rings. The molecule has 0 saturated heterocycles. The summed E-state index contributed by atoms with van der Waals surface area (Å²) in [5, 5.41) is 1.93. The van der Waals surface area contributed by atoms with Crippen LogP contribution in [0.3, 0.4) is 0 Å². The van der Waals surface area contributed by atoms with Crippen LogP contribution < -0.4 is 14.9 Å². The fraction of sp³-hybridized carbons (Fsp3) is 0.150. The largest absolute Gasteiger partial charge is 0.466 e. The van der Waals surface area contributed by atoms with Crippen molar-refractivity contribution in [3.63, 3.8) is 0 Å². The summed E-state index contributed by atoms with van der Waals surface area (Å²) in [5.41, 5.74) is 1.76. The Labute approximate surface area is 163 Å². The molecule has 0 spiro atoms. The molecule has 2 aromatic heterocycles. The van der Waals surface area contributed by atoms with Crippen molar-refractivity contribution in [3.05, 3.63) is 89.2 Å². The molecule has 1 aliphatic rings. The first-order valence-electron chi connectivity index (χ1n) is 8.29. The second-order valence-electron chi connectivity index (χ2n) is 6.00. The lowest BCUT2D eigenvalue weighted by Crippen LogP contribution is -2.39. The summed E-state index contributed by atoms with van der Waals surface area (Å²) in [6.45, 7) is 1.78. The minimum atomic E-state index is -0.522. The molecular formula is C20H16N2O3S2. The van der Waals surface area contributed by atoms with Crippen LogP contribution in [0.15, 0.2) is 68.9 Å². The molecule has 3 heterocycles. The minimum Gasteiger partial charge on any atom is -0.466 e. The summed E-state index contributed by atoms with van der Waals surface area (Å²) < 4.78 is 7.16. The highest BCUT2D eigenvalue weighted by Crippen LogP contribution is 2.32. The maximum atomic E-state index is 13.2. The Morgan fingerprint density at radius 1 is 1.22 bits per heavy atom. The lowest BCUT2D eigenvalue weighted by molar-refractivity contribution is -0.136. The molecule has 0 amide bonds. The summed E-state index contributed by atoms with van der Waals surface area (Å²) in [6.07, 6.45) is 1.85. The van der Waals surface area contributed by atoms with Crippen molar-refractivity contribution >= 4 is 34.7 Å². The van der Waals surface area contributed by atoms with E-state index in [1.807, 2.05) is 53.9 Å². The summed E-state index contributed by atoms with van der Waals surface area (Å²) in [4.78, 5) is 31.7. The number of rotatable bonds is 3. The summed E-state index contributed by atoms with van der Waals surface area (Å²) >= 11 is 2.83. The lowest BCUT2D eigenvalue weighted by atomic mass is 10.0. The fourth-order valence-electron chi connectivity index (χ4n) is 3.11. The van der Waals surface area contributed by atoms with Crippen LogP contribution in [0.5, 0.6) is 0 Å². The van der Waals surface area contributed by atoms with Crippen LogP contribution in [0, 0.1) is 0 Å². The predicted molar refractivity (Wildman–Crippen MR) is 107 cm³/mol. The van der Waals surface area contributed by atoms with Crippen LogP contribution in [0.4, 0.5) is 0 Å². The van der Waals surface area contributed by atoms with Gasteiger partial charge in [0.1, 0.15) is 6.04 Å². The number of carbonyl (C=O) groups is 1. The number of benzene rings is 1. The number of fused-ring (bicyclic) bond motifs is 1. The molecule has 0 N–H and O–H groups in total. The quantitative estimate of drug-likeness (QED) is 0.639. The van der Waals surface area contributed by atoms with Crippen molar-refractivity contribution in [2.24, 2.45) is 4.99 Å². The predicted octanol–water partition coefficient (Wildman–Crippen LogP) is 2.47. The molecule has 0 saturated carbocycles. The second-order valence-corrected chi connectivity index (χ2v) is 7.99. The number of hydrogen-bond acceptors (Lipinski definition) is 6. The van der Waals surface area contributed by atoms with E-state index in [-0.39, 0.29) is 5.56 Å². The molecule has 1 aromatic carbocycles. The van der Waals surface area contributed by atoms with Gasteiger partial charge in [-0.15, -0.1) is 11.3 Å². The topological polar surface area (TPSA) is 60.7 Å². The lowest BCUT2D eigenvalue weighted by Gasteiger charge is -2.22. The van der Waals surface area contributed by atoms with E-state index in [1.165, 1.54) is 29.8 Å². The number of allylic oxidation sites excluding steroid dienone is 1. The molecule has 0 bridgehead atoms. The van der Waals surface area contributed by atoms with Gasteiger partial charge in [0.2, 0.25) is 0 Å². The van der Waals surface area contributed by atoms with E-state index in [1.54, 1.807) is 11.5 Å². The van der Waals surface area contributed by atoms with Gasteiger partial charge in [-0.05, 0) is 30.0 Å². The second kappa shape index (κ2) is 7.09. The third-order valence-corrected chi connectivity index (χ3v) is 6.24. The number of nitrogens with zero attached hydrogens (tertiary/aromatic N) is 2. The average Bonchev–Trinajstić information content (AvgIpc) is 3.30. The van der Waals surface area contributed by atoms with Crippen LogP contribution >= 0.6 is 22.7 Å². The molecule has 4 rings (SSSR count). The summed E-state index contributed by atoms with van der Waals surface area (Å²) in [5.74, 6) is -0.466. The highest BCUT2D eigenvalue weighted by Gasteiger charge is 2.33. The Hall–Kier alpha value is -2.77. The summed E-state index contributed by atoms with van der Waals surface area (Å²) in [7, 11) is 1.34. The zero-order chi connectivity index (χ0) is 19.0. The van der Waals surface area contributed by atoms with Crippen molar-refractivity contribution in [1.82, 2.24) is 4.57 Å². The first-order chi connectivity index (χ1) is 13.1. The number of aromatic nitrogens is 1. The maximum absolute atomic E-state index is 13.2. The van der Waals surface area contributed by atoms with E-state index in [9.17, 15) is 9.59 Å². The van der Waals surface area contributed by atoms with Crippen molar-refractivity contribution in [2.45, 2.75) is 13.0 Å². The number of methoxy groups -OCH3 is 1. The Kier molecular flexibility index (Phi) is 4.63. The van der Waals surface area contributed by atoms with Gasteiger partial charge >= 0.3 is 5.97 Å². The van der Waals surface area contributed by atoms with Crippen LogP contribution in [0.2, 0.25) is 0 Å². The zero-order valence-electron chi connectivity index (χ0n) is 14.7. The average molecular weight is 396 g/mol. The number of thiazole rings is 1. The molecule has 5 nitrogen and oxygen atoms in total. The molecule has 136 valence electrons. The van der Waals surface area contributed by atoms with Crippen molar-refractivity contribution in [3.8, 4) is 0 Å². The molecule has 0 unspecified atom stereocenters. The van der Waals surface area contributed by atoms with Crippen molar-refractivity contribution in [2.75, 3.05) is 7.11 Å². The first kappa shape index (κ1) is 17.6. The molecule has 0 aliphatic carbocycles. The Bertz CT molecular complexity index is 1200. The number of esters is 1. The number of hydrogen-bond donors (Lipinski definition) is 0. The molecule has 1 atom stereocenters. The number of carbonyl (C=O) groups excluding carboxylic acids is 1. The first-order valence-corrected chi connectivity index (χ1v) is 9.99. The van der Waals surface area contributed by atoms with E-state index in [0.717, 1.165) is 10.4 Å². The maximum Gasteiger partial charge on any atom is 0.338 e. The zero-order valence-corrected chi connectivity index (χ0v) is 16.3. The van der Waals surface area contributed by atoms with Gasteiger partial charge in [0.05, 0.1) is 22.9 Å². The van der Waals surface area contributed by atoms with Crippen LogP contribution in [-0.2, 0) is 9.53 Å². The van der Waals surface area contributed by atoms with E-state index < -0.39 is 12.0 Å². The third kappa shape index (κ3) is 3.09. The van der Waals surface area contributed by atoms with Gasteiger partial charge in [0.15, 0.2) is 4.80 Å². The molecule has 0 radical (unpaired) electrons. The van der Waals surface area contributed by atoms with Gasteiger partial charge in [-0.3, -0.25) is 9.36 Å². The molecular weight excluding hydrogens is 380 g/mol. The van der Waals surface area contributed by atoms with E-state index in [2.05, 4.69) is 4.99 Å². The Morgan fingerprint density at radius 3 is 2.67 bits per heavy atom. The third-order valence-electron chi connectivity index (χ3n) is 4.34. The highest BCUT2D eigenvalue weighted by molar-refractivity contribution is 7.10. The SMILES string of the molecule is COC(=O)C1=C(C)N=c2s/c(=C\c3ccccc3)c(=O)n2[C@@H]1c1cccs1. The smallest absolute Gasteiger partial charge is 0.338 e. The minimum absolute atomic E-state index is 0.157. The van der Waals surface area contributed by atoms with E-state index >= 15 is 0 Å². The molecule has 3 aromatic rings. The van der Waals surface area contributed by atoms with Crippen molar-refractivity contribution in [1.29, 1.82) is 0 Å². The highest BCUT2D eigenvalue weighted by atomic mass is 32.1. The van der Waals surface area contributed by atoms with Gasteiger partial charge in [-0.2, -0.15) is 0 Å². The molecule has 1 aliphatic heterocycles. The van der Waals surface area contributed by atoms with E-state index in [4.69, 9.17) is 4.74 Å². The van der Waals surface area contributed by atoms with Crippen LogP contribution in [0.25, 0.3) is 6.08 Å². The van der Waals surface area contributed by atoms with Gasteiger partial charge in [0, 0.05) is 4.88 Å². The van der Waals surface area contributed by atoms with Crippen LogP contribution in [0.1, 0.15) is 23.4 Å². The van der Waals surface area contributed by atoms with Gasteiger partial charge in [0.25, 0.3) is 5.56 Å². The number of ether oxygens (including phenoxy) is 1. The standard InChI is InChI=1S/C20H16N2O3S2/c1-12-16(19(24)25-2)17(14-9-6-10-26-14)22-18(23)15(27-20(22)21-12)11-13-7-4-3-5-8-13/h3-11,17H,1-2H3/b15-11-/t17-/m1/s1. The van der Waals surface area contributed by atoms with Gasteiger partial charge < -0.3 is 4.74 Å². The summed E-state index contributed by atoms with van der Waals surface area (Å²) in [6, 6.07) is 13.0. The van der Waals surface area contributed by atoms with E-state index in [0.29, 0.717) is 20.6 Å². The van der Waals surface area contributed by atoms with Crippen LogP contribution in [-0.4, -0.2) is 17.6 Å². The number of thiophene rings is 1. The molecule has 7 heteroatoms.